The highest BCUT2D eigenvalue weighted by Gasteiger charge is 2.15. The van der Waals surface area contributed by atoms with E-state index in [2.05, 4.69) is 26.3 Å². The van der Waals surface area contributed by atoms with Gasteiger partial charge in [-0.3, -0.25) is 4.98 Å². The summed E-state index contributed by atoms with van der Waals surface area (Å²) >= 11 is 0. The third-order valence-corrected chi connectivity index (χ3v) is 3.25. The number of nitrogen functional groups attached to an aromatic ring is 1. The molecular weight excluding hydrogens is 288 g/mol. The van der Waals surface area contributed by atoms with Crippen LogP contribution in [0.3, 0.4) is 0 Å². The van der Waals surface area contributed by atoms with Gasteiger partial charge in [0.05, 0.1) is 5.69 Å². The average molecular weight is 302 g/mol. The predicted octanol–water partition coefficient (Wildman–Crippen LogP) is 2.60. The van der Waals surface area contributed by atoms with Gasteiger partial charge < -0.3 is 11.1 Å². The number of hydrogen-bond donors (Lipinski definition) is 2. The Balaban J connectivity index is 1.97. The van der Waals surface area contributed by atoms with E-state index in [0.717, 1.165) is 5.56 Å². The molecule has 2 heterocycles. The summed E-state index contributed by atoms with van der Waals surface area (Å²) in [5, 5.41) is 12.7. The molecule has 3 aromatic rings. The number of nitriles is 1. The van der Waals surface area contributed by atoms with E-state index in [1.807, 2.05) is 36.4 Å². The molecule has 0 fully saturated rings. The molecule has 0 aliphatic rings. The molecule has 0 spiro atoms. The third-order valence-electron chi connectivity index (χ3n) is 3.25. The maximum atomic E-state index is 9.51. The number of nitrogens with two attached hydrogens (primary N) is 1. The van der Waals surface area contributed by atoms with Crippen LogP contribution in [-0.4, -0.2) is 15.0 Å². The van der Waals surface area contributed by atoms with E-state index in [9.17, 15) is 5.26 Å². The molecule has 6 nitrogen and oxygen atoms in total. The van der Waals surface area contributed by atoms with Gasteiger partial charge in [-0.05, 0) is 17.7 Å². The lowest BCUT2D eigenvalue weighted by molar-refractivity contribution is 1.08. The highest BCUT2D eigenvalue weighted by atomic mass is 15.1. The van der Waals surface area contributed by atoms with Crippen molar-refractivity contribution >= 4 is 11.8 Å². The van der Waals surface area contributed by atoms with Crippen molar-refractivity contribution in [1.29, 1.82) is 5.26 Å². The highest BCUT2D eigenvalue weighted by Crippen LogP contribution is 2.25. The first-order chi connectivity index (χ1) is 11.3. The number of rotatable bonds is 4. The summed E-state index contributed by atoms with van der Waals surface area (Å²) in [5.41, 5.74) is 8.21. The summed E-state index contributed by atoms with van der Waals surface area (Å²) in [4.78, 5) is 12.6. The molecule has 112 valence electrons. The zero-order valence-corrected chi connectivity index (χ0v) is 12.3. The standard InChI is InChI=1S/C17H14N6/c18-10-13-15(14-8-4-5-9-20-14)22-17(19)23-16(13)21-11-12-6-2-1-3-7-12/h1-9H,11H2,(H3,19,21,22,23). The van der Waals surface area contributed by atoms with Crippen LogP contribution >= 0.6 is 0 Å². The molecule has 23 heavy (non-hydrogen) atoms. The Hall–Kier alpha value is -3.46. The summed E-state index contributed by atoms with van der Waals surface area (Å²) in [5.74, 6) is 0.504. The van der Waals surface area contributed by atoms with Crippen molar-refractivity contribution in [1.82, 2.24) is 15.0 Å². The molecule has 1 aromatic carbocycles. The fourth-order valence-electron chi connectivity index (χ4n) is 2.18. The van der Waals surface area contributed by atoms with E-state index in [0.29, 0.717) is 29.3 Å². The van der Waals surface area contributed by atoms with Gasteiger partial charge in [-0.1, -0.05) is 36.4 Å². The lowest BCUT2D eigenvalue weighted by Gasteiger charge is -2.11. The summed E-state index contributed by atoms with van der Waals surface area (Å²) in [7, 11) is 0. The summed E-state index contributed by atoms with van der Waals surface area (Å²) in [6.07, 6.45) is 1.64. The fourth-order valence-corrected chi connectivity index (χ4v) is 2.18. The van der Waals surface area contributed by atoms with E-state index >= 15 is 0 Å². The van der Waals surface area contributed by atoms with Crippen LogP contribution in [0.5, 0.6) is 0 Å². The second kappa shape index (κ2) is 6.54. The smallest absolute Gasteiger partial charge is 0.222 e. The van der Waals surface area contributed by atoms with Gasteiger partial charge in [-0.15, -0.1) is 0 Å². The Bertz CT molecular complexity index is 840. The van der Waals surface area contributed by atoms with Crippen molar-refractivity contribution < 1.29 is 0 Å². The number of nitrogens with one attached hydrogen (secondary N) is 1. The molecule has 0 saturated carbocycles. The fraction of sp³-hybridized carbons (Fsp3) is 0.0588. The van der Waals surface area contributed by atoms with Crippen LogP contribution in [0.15, 0.2) is 54.7 Å². The lowest BCUT2D eigenvalue weighted by Crippen LogP contribution is -2.09. The first-order valence-electron chi connectivity index (χ1n) is 7.04. The van der Waals surface area contributed by atoms with Gasteiger partial charge >= 0.3 is 0 Å². The molecule has 2 aromatic heterocycles. The summed E-state index contributed by atoms with van der Waals surface area (Å²) in [6, 6.07) is 17.4. The summed E-state index contributed by atoms with van der Waals surface area (Å²) in [6.45, 7) is 0.535. The maximum absolute atomic E-state index is 9.51. The van der Waals surface area contributed by atoms with Gasteiger partial charge in [0.15, 0.2) is 5.82 Å². The van der Waals surface area contributed by atoms with E-state index < -0.39 is 0 Å². The number of aromatic nitrogens is 3. The molecule has 0 aliphatic carbocycles. The van der Waals surface area contributed by atoms with Crippen molar-refractivity contribution in [3.05, 3.63) is 65.9 Å². The molecule has 0 aliphatic heterocycles. The second-order valence-corrected chi connectivity index (χ2v) is 4.82. The van der Waals surface area contributed by atoms with Gasteiger partial charge in [0.25, 0.3) is 0 Å². The zero-order valence-electron chi connectivity index (χ0n) is 12.3. The van der Waals surface area contributed by atoms with Gasteiger partial charge in [0, 0.05) is 12.7 Å². The lowest BCUT2D eigenvalue weighted by atomic mass is 10.1. The highest BCUT2D eigenvalue weighted by molar-refractivity contribution is 5.71. The molecule has 3 rings (SSSR count). The Morgan fingerprint density at radius 2 is 1.83 bits per heavy atom. The third kappa shape index (κ3) is 3.24. The molecule has 0 radical (unpaired) electrons. The molecule has 0 bridgehead atoms. The number of benzene rings is 1. The molecule has 0 atom stereocenters. The van der Waals surface area contributed by atoms with E-state index in [1.54, 1.807) is 18.3 Å². The largest absolute Gasteiger partial charge is 0.368 e. The van der Waals surface area contributed by atoms with Crippen molar-refractivity contribution in [2.75, 3.05) is 11.1 Å². The number of pyridine rings is 1. The Morgan fingerprint density at radius 1 is 1.04 bits per heavy atom. The Kier molecular flexibility index (Phi) is 4.11. The van der Waals surface area contributed by atoms with Crippen LogP contribution in [0.1, 0.15) is 11.1 Å². The number of hydrogen-bond acceptors (Lipinski definition) is 6. The maximum Gasteiger partial charge on any atom is 0.222 e. The zero-order chi connectivity index (χ0) is 16.1. The minimum absolute atomic E-state index is 0.0974. The SMILES string of the molecule is N#Cc1c(NCc2ccccc2)nc(N)nc1-c1ccccn1. The Morgan fingerprint density at radius 3 is 2.52 bits per heavy atom. The number of anilines is 2. The molecule has 6 heteroatoms. The minimum atomic E-state index is 0.0974. The molecule has 3 N–H and O–H groups in total. The first-order valence-corrected chi connectivity index (χ1v) is 7.04. The van der Waals surface area contributed by atoms with E-state index in [-0.39, 0.29) is 5.95 Å². The van der Waals surface area contributed by atoms with Crippen molar-refractivity contribution in [2.24, 2.45) is 0 Å². The summed E-state index contributed by atoms with van der Waals surface area (Å²) < 4.78 is 0. The monoisotopic (exact) mass is 302 g/mol. The normalized spacial score (nSPS) is 10.0. The molecule has 0 saturated heterocycles. The van der Waals surface area contributed by atoms with E-state index in [1.165, 1.54) is 0 Å². The first kappa shape index (κ1) is 14.5. The van der Waals surface area contributed by atoms with Crippen LogP contribution in [-0.2, 0) is 6.54 Å². The van der Waals surface area contributed by atoms with Crippen molar-refractivity contribution in [3.8, 4) is 17.5 Å². The van der Waals surface area contributed by atoms with Crippen LogP contribution < -0.4 is 11.1 Å². The second-order valence-electron chi connectivity index (χ2n) is 4.82. The van der Waals surface area contributed by atoms with Gasteiger partial charge in [0.1, 0.15) is 17.3 Å². The van der Waals surface area contributed by atoms with Crippen molar-refractivity contribution in [3.63, 3.8) is 0 Å². The average Bonchev–Trinajstić information content (AvgIpc) is 2.61. The predicted molar refractivity (Wildman–Crippen MR) is 88.2 cm³/mol. The van der Waals surface area contributed by atoms with Crippen LogP contribution in [0.2, 0.25) is 0 Å². The van der Waals surface area contributed by atoms with Gasteiger partial charge in [-0.25, -0.2) is 4.98 Å². The van der Waals surface area contributed by atoms with Crippen molar-refractivity contribution in [2.45, 2.75) is 6.54 Å². The van der Waals surface area contributed by atoms with E-state index in [4.69, 9.17) is 5.73 Å². The molecule has 0 unspecified atom stereocenters. The molecular formula is C17H14N6. The minimum Gasteiger partial charge on any atom is -0.368 e. The van der Waals surface area contributed by atoms with Crippen LogP contribution in [0.25, 0.3) is 11.4 Å². The van der Waals surface area contributed by atoms with Gasteiger partial charge in [-0.2, -0.15) is 10.2 Å². The quantitative estimate of drug-likeness (QED) is 0.768. The molecule has 0 amide bonds. The number of nitrogens with zero attached hydrogens (tertiary/aromatic N) is 4. The Labute approximate surface area is 133 Å². The van der Waals surface area contributed by atoms with Gasteiger partial charge in [0.2, 0.25) is 5.95 Å². The van der Waals surface area contributed by atoms with Crippen LogP contribution in [0, 0.1) is 11.3 Å². The van der Waals surface area contributed by atoms with Crippen LogP contribution in [0.4, 0.5) is 11.8 Å². The topological polar surface area (TPSA) is 101 Å².